The fourth-order valence-electron chi connectivity index (χ4n) is 3.58. The smallest absolute Gasteiger partial charge is 0.224 e. The number of para-hydroxylation sites is 1. The molecule has 25 heavy (non-hydrogen) atoms. The molecule has 0 unspecified atom stereocenters. The molecule has 1 aromatic carbocycles. The Morgan fingerprint density at radius 1 is 1.04 bits per heavy atom. The van der Waals surface area contributed by atoms with Gasteiger partial charge in [0, 0.05) is 33.0 Å². The van der Waals surface area contributed by atoms with E-state index in [9.17, 15) is 9.59 Å². The van der Waals surface area contributed by atoms with Crippen molar-refractivity contribution in [3.63, 3.8) is 0 Å². The molecular formula is C21H32N2O2. The van der Waals surface area contributed by atoms with Gasteiger partial charge in [-0.15, -0.1) is 0 Å². The maximum atomic E-state index is 12.4. The first-order valence-electron chi connectivity index (χ1n) is 9.51. The van der Waals surface area contributed by atoms with Crippen molar-refractivity contribution in [1.29, 1.82) is 0 Å². The fourth-order valence-corrected chi connectivity index (χ4v) is 3.58. The predicted octanol–water partition coefficient (Wildman–Crippen LogP) is 4.30. The summed E-state index contributed by atoms with van der Waals surface area (Å²) >= 11 is 0. The molecule has 0 atom stereocenters. The highest BCUT2D eigenvalue weighted by Crippen LogP contribution is 2.35. The van der Waals surface area contributed by atoms with E-state index in [0.717, 1.165) is 31.6 Å². The highest BCUT2D eigenvalue weighted by Gasteiger charge is 2.24. The second-order valence-corrected chi connectivity index (χ2v) is 7.60. The van der Waals surface area contributed by atoms with Crippen LogP contribution in [0.25, 0.3) is 0 Å². The van der Waals surface area contributed by atoms with Crippen molar-refractivity contribution >= 4 is 17.5 Å². The Morgan fingerprint density at radius 2 is 1.56 bits per heavy atom. The van der Waals surface area contributed by atoms with Crippen LogP contribution in [0.3, 0.4) is 0 Å². The van der Waals surface area contributed by atoms with E-state index in [1.54, 1.807) is 6.92 Å². The zero-order valence-electron chi connectivity index (χ0n) is 16.3. The van der Waals surface area contributed by atoms with Gasteiger partial charge in [-0.2, -0.15) is 0 Å². The van der Waals surface area contributed by atoms with Gasteiger partial charge in [0.25, 0.3) is 0 Å². The molecule has 1 aliphatic rings. The number of carbonyl (C=O) groups excluding carboxylic acids is 2. The molecule has 0 saturated carbocycles. The van der Waals surface area contributed by atoms with Crippen molar-refractivity contribution in [2.75, 3.05) is 24.5 Å². The van der Waals surface area contributed by atoms with Gasteiger partial charge in [0.1, 0.15) is 0 Å². The summed E-state index contributed by atoms with van der Waals surface area (Å²) in [5, 5.41) is 0. The molecule has 1 saturated heterocycles. The molecule has 1 aliphatic heterocycles. The summed E-state index contributed by atoms with van der Waals surface area (Å²) in [7, 11) is 0. The van der Waals surface area contributed by atoms with Crippen molar-refractivity contribution in [1.82, 2.24) is 4.90 Å². The molecule has 2 amide bonds. The Hall–Kier alpha value is -1.84. The van der Waals surface area contributed by atoms with Gasteiger partial charge in [-0.1, -0.05) is 45.9 Å². The Kier molecular flexibility index (Phi) is 6.63. The van der Waals surface area contributed by atoms with Crippen LogP contribution in [-0.4, -0.2) is 36.3 Å². The topological polar surface area (TPSA) is 40.6 Å². The Balaban J connectivity index is 2.29. The lowest BCUT2D eigenvalue weighted by Crippen LogP contribution is -2.36. The molecule has 4 nitrogen and oxygen atoms in total. The lowest BCUT2D eigenvalue weighted by molar-refractivity contribution is -0.129. The average molecular weight is 344 g/mol. The highest BCUT2D eigenvalue weighted by molar-refractivity contribution is 5.94. The molecule has 0 aliphatic carbocycles. The number of hydrogen-bond donors (Lipinski definition) is 0. The monoisotopic (exact) mass is 344 g/mol. The van der Waals surface area contributed by atoms with Crippen LogP contribution >= 0.6 is 0 Å². The van der Waals surface area contributed by atoms with Crippen molar-refractivity contribution < 1.29 is 9.59 Å². The first kappa shape index (κ1) is 19.5. The van der Waals surface area contributed by atoms with Crippen LogP contribution in [0.15, 0.2) is 18.2 Å². The molecule has 4 heteroatoms. The number of rotatable bonds is 6. The third-order valence-electron chi connectivity index (χ3n) is 5.00. The third kappa shape index (κ3) is 4.62. The number of amides is 2. The first-order valence-corrected chi connectivity index (χ1v) is 9.51. The second kappa shape index (κ2) is 8.50. The molecule has 0 radical (unpaired) electrons. The van der Waals surface area contributed by atoms with Crippen molar-refractivity contribution in [3.05, 3.63) is 29.3 Å². The van der Waals surface area contributed by atoms with Crippen molar-refractivity contribution in [2.24, 2.45) is 0 Å². The minimum atomic E-state index is 0.00391. The van der Waals surface area contributed by atoms with Crippen molar-refractivity contribution in [3.8, 4) is 0 Å². The van der Waals surface area contributed by atoms with E-state index in [-0.39, 0.29) is 11.8 Å². The Labute approximate surface area is 152 Å². The maximum absolute atomic E-state index is 12.4. The molecule has 2 rings (SSSR count). The minimum Gasteiger partial charge on any atom is -0.343 e. The van der Waals surface area contributed by atoms with Crippen LogP contribution in [0.5, 0.6) is 0 Å². The van der Waals surface area contributed by atoms with Gasteiger partial charge in [0.2, 0.25) is 11.8 Å². The van der Waals surface area contributed by atoms with E-state index < -0.39 is 0 Å². The van der Waals surface area contributed by atoms with Crippen LogP contribution in [0.2, 0.25) is 0 Å². The van der Waals surface area contributed by atoms with Crippen LogP contribution in [-0.2, 0) is 9.59 Å². The lowest BCUT2D eigenvalue weighted by Gasteiger charge is -2.29. The van der Waals surface area contributed by atoms with Crippen molar-refractivity contribution in [2.45, 2.75) is 65.7 Å². The molecule has 0 bridgehead atoms. The molecule has 1 heterocycles. The number of nitrogens with zero attached hydrogens (tertiary/aromatic N) is 2. The normalized spacial score (nSPS) is 14.4. The maximum Gasteiger partial charge on any atom is 0.224 e. The van der Waals surface area contributed by atoms with E-state index in [1.807, 2.05) is 9.80 Å². The quantitative estimate of drug-likeness (QED) is 0.772. The fraction of sp³-hybridized carbons (Fsp3) is 0.619. The summed E-state index contributed by atoms with van der Waals surface area (Å²) in [6.45, 7) is 12.4. The largest absolute Gasteiger partial charge is 0.343 e. The highest BCUT2D eigenvalue weighted by atomic mass is 16.2. The van der Waals surface area contributed by atoms with Crippen LogP contribution in [0.1, 0.15) is 76.8 Å². The van der Waals surface area contributed by atoms with E-state index in [0.29, 0.717) is 24.8 Å². The molecule has 138 valence electrons. The van der Waals surface area contributed by atoms with Gasteiger partial charge >= 0.3 is 0 Å². The summed E-state index contributed by atoms with van der Waals surface area (Å²) in [6, 6.07) is 6.27. The lowest BCUT2D eigenvalue weighted by atomic mass is 9.91. The number of hydrogen-bond acceptors (Lipinski definition) is 2. The van der Waals surface area contributed by atoms with Crippen LogP contribution in [0, 0.1) is 0 Å². The first-order chi connectivity index (χ1) is 11.8. The summed E-state index contributed by atoms with van der Waals surface area (Å²) in [5.74, 6) is 0.816. The Bertz CT molecular complexity index is 590. The van der Waals surface area contributed by atoms with Gasteiger partial charge in [0.15, 0.2) is 0 Å². The van der Waals surface area contributed by atoms with E-state index in [4.69, 9.17) is 0 Å². The Morgan fingerprint density at radius 3 is 2.00 bits per heavy atom. The second-order valence-electron chi connectivity index (χ2n) is 7.60. The van der Waals surface area contributed by atoms with E-state index in [2.05, 4.69) is 45.9 Å². The molecule has 0 aromatic heterocycles. The molecule has 0 N–H and O–H groups in total. The number of carbonyl (C=O) groups is 2. The standard InChI is InChI=1S/C21H32N2O2/c1-15(2)18-9-8-10-19(16(3)4)21(18)23(17(5)24)14-11-20(25)22-12-6-7-13-22/h8-10,15-16H,6-7,11-14H2,1-5H3. The number of benzene rings is 1. The van der Waals surface area contributed by atoms with Gasteiger partial charge < -0.3 is 9.80 Å². The predicted molar refractivity (Wildman–Crippen MR) is 103 cm³/mol. The number of likely N-dealkylation sites (tertiary alicyclic amines) is 1. The minimum absolute atomic E-state index is 0.00391. The summed E-state index contributed by atoms with van der Waals surface area (Å²) < 4.78 is 0. The van der Waals surface area contributed by atoms with Gasteiger partial charge in [-0.05, 0) is 35.8 Å². The van der Waals surface area contributed by atoms with Gasteiger partial charge in [-0.25, -0.2) is 0 Å². The summed E-state index contributed by atoms with van der Waals surface area (Å²) in [4.78, 5) is 28.6. The zero-order chi connectivity index (χ0) is 18.6. The molecular weight excluding hydrogens is 312 g/mol. The molecule has 1 fully saturated rings. The SMILES string of the molecule is CC(=O)N(CCC(=O)N1CCCC1)c1c(C(C)C)cccc1C(C)C. The van der Waals surface area contributed by atoms with E-state index >= 15 is 0 Å². The van der Waals surface area contributed by atoms with Gasteiger partial charge in [0.05, 0.1) is 5.69 Å². The average Bonchev–Trinajstić information content (AvgIpc) is 3.08. The number of anilines is 1. The molecule has 1 aromatic rings. The van der Waals surface area contributed by atoms with Crippen LogP contribution in [0.4, 0.5) is 5.69 Å². The van der Waals surface area contributed by atoms with E-state index in [1.165, 1.54) is 11.1 Å². The summed E-state index contributed by atoms with van der Waals surface area (Å²) in [6.07, 6.45) is 2.58. The van der Waals surface area contributed by atoms with Crippen LogP contribution < -0.4 is 4.90 Å². The van der Waals surface area contributed by atoms with Gasteiger partial charge in [-0.3, -0.25) is 9.59 Å². The molecule has 0 spiro atoms. The zero-order valence-corrected chi connectivity index (χ0v) is 16.3. The third-order valence-corrected chi connectivity index (χ3v) is 5.00. The summed E-state index contributed by atoms with van der Waals surface area (Å²) in [5.41, 5.74) is 3.36.